The van der Waals surface area contributed by atoms with Gasteiger partial charge in [0.25, 0.3) is 0 Å². The highest BCUT2D eigenvalue weighted by atomic mass is 16.3. The molecule has 0 radical (unpaired) electrons. The molecule has 2 heteroatoms. The van der Waals surface area contributed by atoms with Gasteiger partial charge >= 0.3 is 0 Å². The zero-order valence-electron chi connectivity index (χ0n) is 12.2. The van der Waals surface area contributed by atoms with Gasteiger partial charge in [0.2, 0.25) is 0 Å². The van der Waals surface area contributed by atoms with Gasteiger partial charge in [0, 0.05) is 5.56 Å². The quantitative estimate of drug-likeness (QED) is 0.884. The Morgan fingerprint density at radius 3 is 2.47 bits per heavy atom. The molecule has 1 N–H and O–H groups in total. The minimum atomic E-state index is 0.133. The molecular formula is C17H23NO. The average molecular weight is 257 g/mol. The number of furan rings is 1. The lowest BCUT2D eigenvalue weighted by atomic mass is 9.81. The number of nitrogens with one attached hydrogen (secondary N) is 1. The van der Waals surface area contributed by atoms with Crippen molar-refractivity contribution < 1.29 is 4.42 Å². The van der Waals surface area contributed by atoms with Crippen LogP contribution in [0.1, 0.15) is 50.4 Å². The van der Waals surface area contributed by atoms with Crippen molar-refractivity contribution in [3.63, 3.8) is 0 Å². The van der Waals surface area contributed by atoms with E-state index in [1.54, 1.807) is 6.26 Å². The van der Waals surface area contributed by atoms with Crippen molar-refractivity contribution >= 4 is 0 Å². The van der Waals surface area contributed by atoms with Gasteiger partial charge in [0.15, 0.2) is 0 Å². The maximum Gasteiger partial charge on any atom is 0.0953 e. The molecule has 0 aliphatic rings. The van der Waals surface area contributed by atoms with Crippen LogP contribution in [-0.4, -0.2) is 6.54 Å². The lowest BCUT2D eigenvalue weighted by Gasteiger charge is -2.27. The summed E-state index contributed by atoms with van der Waals surface area (Å²) in [6, 6.07) is 10.9. The van der Waals surface area contributed by atoms with E-state index in [-0.39, 0.29) is 11.5 Å². The molecule has 2 aromatic rings. The molecule has 1 aromatic carbocycles. The summed E-state index contributed by atoms with van der Waals surface area (Å²) in [6.07, 6.45) is 3.56. The monoisotopic (exact) mass is 257 g/mol. The van der Waals surface area contributed by atoms with Gasteiger partial charge in [-0.25, -0.2) is 0 Å². The Morgan fingerprint density at radius 1 is 1.16 bits per heavy atom. The highest BCUT2D eigenvalue weighted by Gasteiger charge is 2.23. The Kier molecular flexibility index (Phi) is 4.11. The van der Waals surface area contributed by atoms with Gasteiger partial charge in [0.05, 0.1) is 18.6 Å². The lowest BCUT2D eigenvalue weighted by molar-refractivity contribution is 0.540. The molecule has 0 aliphatic heterocycles. The van der Waals surface area contributed by atoms with Crippen molar-refractivity contribution in [2.45, 2.75) is 39.2 Å². The van der Waals surface area contributed by atoms with Crippen molar-refractivity contribution in [1.82, 2.24) is 5.32 Å². The maximum atomic E-state index is 5.25. The third-order valence-corrected chi connectivity index (χ3v) is 3.36. The standard InChI is InChI=1S/C17H23NO/c1-5-18-16(13-10-11-19-12-13)14-8-6-7-9-15(14)17(2,3)4/h6-12,16,18H,5H2,1-4H3. The molecule has 0 saturated heterocycles. The van der Waals surface area contributed by atoms with Crippen molar-refractivity contribution in [3.8, 4) is 0 Å². The van der Waals surface area contributed by atoms with Crippen LogP contribution in [0, 0.1) is 0 Å². The fourth-order valence-electron chi connectivity index (χ4n) is 2.48. The zero-order valence-corrected chi connectivity index (χ0v) is 12.2. The van der Waals surface area contributed by atoms with E-state index in [0.717, 1.165) is 6.54 Å². The summed E-state index contributed by atoms with van der Waals surface area (Å²) in [4.78, 5) is 0. The highest BCUT2D eigenvalue weighted by Crippen LogP contribution is 2.32. The molecule has 102 valence electrons. The predicted octanol–water partition coefficient (Wildman–Crippen LogP) is 4.28. The molecule has 0 fully saturated rings. The second kappa shape index (κ2) is 5.62. The van der Waals surface area contributed by atoms with Crippen molar-refractivity contribution in [1.29, 1.82) is 0 Å². The molecule has 1 heterocycles. The first-order chi connectivity index (χ1) is 9.04. The summed E-state index contributed by atoms with van der Waals surface area (Å²) < 4.78 is 5.25. The molecule has 19 heavy (non-hydrogen) atoms. The van der Waals surface area contributed by atoms with Crippen LogP contribution in [0.5, 0.6) is 0 Å². The molecule has 2 rings (SSSR count). The predicted molar refractivity (Wildman–Crippen MR) is 79.4 cm³/mol. The summed E-state index contributed by atoms with van der Waals surface area (Å²) in [5.74, 6) is 0. The van der Waals surface area contributed by atoms with Gasteiger partial charge in [-0.1, -0.05) is 52.0 Å². The Labute approximate surface area is 115 Å². The van der Waals surface area contributed by atoms with E-state index in [9.17, 15) is 0 Å². The average Bonchev–Trinajstić information content (AvgIpc) is 2.88. The fourth-order valence-corrected chi connectivity index (χ4v) is 2.48. The molecule has 2 nitrogen and oxygen atoms in total. The van der Waals surface area contributed by atoms with Gasteiger partial charge < -0.3 is 9.73 Å². The van der Waals surface area contributed by atoms with E-state index in [1.807, 2.05) is 12.3 Å². The SMILES string of the molecule is CCNC(c1ccoc1)c1ccccc1C(C)(C)C. The van der Waals surface area contributed by atoms with Crippen LogP contribution in [-0.2, 0) is 5.41 Å². The molecule has 0 bridgehead atoms. The van der Waals surface area contributed by atoms with Crippen LogP contribution in [0.4, 0.5) is 0 Å². The normalized spacial score (nSPS) is 13.5. The molecule has 0 aliphatic carbocycles. The molecule has 1 atom stereocenters. The fraction of sp³-hybridized carbons (Fsp3) is 0.412. The molecule has 1 aromatic heterocycles. The van der Waals surface area contributed by atoms with E-state index in [2.05, 4.69) is 57.3 Å². The van der Waals surface area contributed by atoms with Crippen LogP contribution >= 0.6 is 0 Å². The van der Waals surface area contributed by atoms with Gasteiger partial charge in [-0.2, -0.15) is 0 Å². The van der Waals surface area contributed by atoms with Crippen molar-refractivity contribution in [2.75, 3.05) is 6.54 Å². The second-order valence-electron chi connectivity index (χ2n) is 5.88. The number of hydrogen-bond donors (Lipinski definition) is 1. The minimum Gasteiger partial charge on any atom is -0.472 e. The summed E-state index contributed by atoms with van der Waals surface area (Å²) in [5, 5.41) is 3.55. The van der Waals surface area contributed by atoms with E-state index in [0.29, 0.717) is 0 Å². The molecule has 0 saturated carbocycles. The Morgan fingerprint density at radius 2 is 1.89 bits per heavy atom. The van der Waals surface area contributed by atoms with Crippen LogP contribution in [0.25, 0.3) is 0 Å². The molecule has 0 spiro atoms. The highest BCUT2D eigenvalue weighted by molar-refractivity contribution is 5.39. The first-order valence-corrected chi connectivity index (χ1v) is 6.89. The minimum absolute atomic E-state index is 0.133. The topological polar surface area (TPSA) is 25.2 Å². The van der Waals surface area contributed by atoms with Crippen LogP contribution < -0.4 is 5.32 Å². The van der Waals surface area contributed by atoms with E-state index in [1.165, 1.54) is 16.7 Å². The third-order valence-electron chi connectivity index (χ3n) is 3.36. The Balaban J connectivity index is 2.48. The van der Waals surface area contributed by atoms with Gasteiger partial charge in [-0.05, 0) is 29.2 Å². The zero-order chi connectivity index (χ0) is 13.9. The molecular weight excluding hydrogens is 234 g/mol. The van der Waals surface area contributed by atoms with E-state index in [4.69, 9.17) is 4.42 Å². The second-order valence-corrected chi connectivity index (χ2v) is 5.88. The maximum absolute atomic E-state index is 5.25. The smallest absolute Gasteiger partial charge is 0.0953 e. The molecule has 0 amide bonds. The largest absolute Gasteiger partial charge is 0.472 e. The van der Waals surface area contributed by atoms with E-state index >= 15 is 0 Å². The van der Waals surface area contributed by atoms with Crippen LogP contribution in [0.2, 0.25) is 0 Å². The Hall–Kier alpha value is -1.54. The number of hydrogen-bond acceptors (Lipinski definition) is 2. The number of rotatable bonds is 4. The summed E-state index contributed by atoms with van der Waals surface area (Å²) in [5.41, 5.74) is 4.02. The molecule has 1 unspecified atom stereocenters. The number of benzene rings is 1. The van der Waals surface area contributed by atoms with Gasteiger partial charge in [0.1, 0.15) is 0 Å². The van der Waals surface area contributed by atoms with Crippen LogP contribution in [0.3, 0.4) is 0 Å². The summed E-state index contributed by atoms with van der Waals surface area (Å²) in [6.45, 7) is 9.82. The summed E-state index contributed by atoms with van der Waals surface area (Å²) in [7, 11) is 0. The van der Waals surface area contributed by atoms with Gasteiger partial charge in [-0.3, -0.25) is 0 Å². The van der Waals surface area contributed by atoms with Gasteiger partial charge in [-0.15, -0.1) is 0 Å². The first kappa shape index (κ1) is 13.9. The first-order valence-electron chi connectivity index (χ1n) is 6.89. The lowest BCUT2D eigenvalue weighted by Crippen LogP contribution is -2.25. The Bertz CT molecular complexity index is 508. The van der Waals surface area contributed by atoms with Crippen LogP contribution in [0.15, 0.2) is 47.3 Å². The van der Waals surface area contributed by atoms with E-state index < -0.39 is 0 Å². The van der Waals surface area contributed by atoms with Crippen molar-refractivity contribution in [3.05, 3.63) is 59.5 Å². The third kappa shape index (κ3) is 3.07. The van der Waals surface area contributed by atoms with Crippen molar-refractivity contribution in [2.24, 2.45) is 0 Å². The summed E-state index contributed by atoms with van der Waals surface area (Å²) >= 11 is 0.